The van der Waals surface area contributed by atoms with Crippen LogP contribution in [0.5, 0.6) is 0 Å². The van der Waals surface area contributed by atoms with Crippen LogP contribution < -0.4 is 16.2 Å². The van der Waals surface area contributed by atoms with E-state index in [9.17, 15) is 25.0 Å². The number of anilines is 2. The lowest BCUT2D eigenvalue weighted by Gasteiger charge is -2.10. The number of nitro benzene ring substituents is 1. The molecule has 0 aliphatic rings. The van der Waals surface area contributed by atoms with Gasteiger partial charge < -0.3 is 9.73 Å². The van der Waals surface area contributed by atoms with E-state index in [0.717, 1.165) is 6.33 Å². The van der Waals surface area contributed by atoms with Gasteiger partial charge in [0.25, 0.3) is 5.69 Å². The Hall–Kier alpha value is -4.55. The number of nitrogens with one attached hydrogen (secondary N) is 3. The van der Waals surface area contributed by atoms with Crippen LogP contribution in [0.1, 0.15) is 11.3 Å². The Morgan fingerprint density at radius 3 is 2.40 bits per heavy atom. The summed E-state index contributed by atoms with van der Waals surface area (Å²) in [6.45, 7) is 0.163. The molecule has 0 saturated carbocycles. The number of benzene rings is 1. The number of nitro groups is 2. The van der Waals surface area contributed by atoms with Crippen molar-refractivity contribution in [2.75, 3.05) is 10.7 Å². The van der Waals surface area contributed by atoms with Crippen molar-refractivity contribution in [1.29, 1.82) is 0 Å². The highest BCUT2D eigenvalue weighted by molar-refractivity contribution is 5.81. The van der Waals surface area contributed by atoms with Crippen molar-refractivity contribution in [3.63, 3.8) is 0 Å². The van der Waals surface area contributed by atoms with Crippen molar-refractivity contribution in [2.24, 2.45) is 0 Å². The molecule has 0 saturated heterocycles. The Morgan fingerprint density at radius 1 is 1.03 bits per heavy atom. The molecule has 0 radical (unpaired) electrons. The number of non-ortho nitro benzene ring substituents is 1. The maximum absolute atomic E-state index is 12.1. The quantitative estimate of drug-likeness (QED) is 0.348. The second-order valence-corrected chi connectivity index (χ2v) is 5.88. The third-order valence-electron chi connectivity index (χ3n) is 3.85. The van der Waals surface area contributed by atoms with Gasteiger partial charge in [0.05, 0.1) is 29.1 Å². The van der Waals surface area contributed by atoms with Crippen LogP contribution in [0.2, 0.25) is 0 Å². The van der Waals surface area contributed by atoms with E-state index in [2.05, 4.69) is 26.1 Å². The minimum atomic E-state index is -0.685. The van der Waals surface area contributed by atoms with E-state index in [1.165, 1.54) is 30.5 Å². The molecule has 13 nitrogen and oxygen atoms in total. The van der Waals surface area contributed by atoms with Crippen LogP contribution in [0.4, 0.5) is 23.0 Å². The van der Waals surface area contributed by atoms with Gasteiger partial charge in [-0.25, -0.2) is 9.97 Å². The van der Waals surface area contributed by atoms with Gasteiger partial charge in [-0.05, 0) is 17.7 Å². The van der Waals surface area contributed by atoms with Crippen LogP contribution in [0.3, 0.4) is 0 Å². The number of furan rings is 1. The van der Waals surface area contributed by atoms with Gasteiger partial charge in [-0.3, -0.25) is 35.9 Å². The Labute approximate surface area is 168 Å². The molecule has 1 aromatic carbocycles. The van der Waals surface area contributed by atoms with Crippen LogP contribution in [-0.4, -0.2) is 25.7 Å². The largest absolute Gasteiger partial charge is 0.467 e. The Morgan fingerprint density at radius 2 is 1.77 bits per heavy atom. The molecule has 3 aromatic rings. The van der Waals surface area contributed by atoms with Crippen LogP contribution in [0, 0.1) is 20.2 Å². The highest BCUT2D eigenvalue weighted by Gasteiger charge is 2.23. The van der Waals surface area contributed by atoms with E-state index in [-0.39, 0.29) is 30.3 Å². The molecule has 2 aromatic heterocycles. The average molecular weight is 413 g/mol. The fourth-order valence-electron chi connectivity index (χ4n) is 2.45. The lowest BCUT2D eigenvalue weighted by molar-refractivity contribution is -0.384. The zero-order valence-electron chi connectivity index (χ0n) is 15.3. The molecule has 13 heteroatoms. The number of carbonyl (C=O) groups is 1. The second kappa shape index (κ2) is 9.09. The van der Waals surface area contributed by atoms with Gasteiger partial charge in [-0.2, -0.15) is 0 Å². The molecule has 30 heavy (non-hydrogen) atoms. The highest BCUT2D eigenvalue weighted by atomic mass is 16.6. The van der Waals surface area contributed by atoms with Gasteiger partial charge in [0.1, 0.15) is 12.1 Å². The Kier molecular flexibility index (Phi) is 6.12. The number of nitrogens with zero attached hydrogens (tertiary/aromatic N) is 4. The lowest BCUT2D eigenvalue weighted by Crippen LogP contribution is -2.31. The molecule has 3 rings (SSSR count). The predicted octanol–water partition coefficient (Wildman–Crippen LogP) is 2.18. The third-order valence-corrected chi connectivity index (χ3v) is 3.85. The number of aromatic nitrogens is 2. The first-order chi connectivity index (χ1) is 14.4. The summed E-state index contributed by atoms with van der Waals surface area (Å²) in [6, 6.07) is 8.82. The van der Waals surface area contributed by atoms with Crippen molar-refractivity contribution in [1.82, 2.24) is 15.4 Å². The molecule has 2 heterocycles. The summed E-state index contributed by atoms with van der Waals surface area (Å²) in [7, 11) is 0. The second-order valence-electron chi connectivity index (χ2n) is 5.88. The van der Waals surface area contributed by atoms with Crippen LogP contribution in [0.15, 0.2) is 53.4 Å². The number of carbonyl (C=O) groups excluding carboxylic acids is 1. The molecule has 0 unspecified atom stereocenters. The Bertz CT molecular complexity index is 1050. The topological polar surface area (TPSA) is 178 Å². The summed E-state index contributed by atoms with van der Waals surface area (Å²) in [5.41, 5.74) is 4.70. The van der Waals surface area contributed by atoms with Crippen LogP contribution in [-0.2, 0) is 17.8 Å². The molecule has 0 bridgehead atoms. The van der Waals surface area contributed by atoms with Crippen molar-refractivity contribution >= 4 is 28.9 Å². The number of rotatable bonds is 9. The fraction of sp³-hybridized carbons (Fsp3) is 0.118. The van der Waals surface area contributed by atoms with E-state index >= 15 is 0 Å². The number of hydrogen-bond acceptors (Lipinski definition) is 10. The minimum Gasteiger partial charge on any atom is -0.467 e. The number of hydrazine groups is 1. The van der Waals surface area contributed by atoms with E-state index in [1.807, 2.05) is 0 Å². The molecule has 0 spiro atoms. The summed E-state index contributed by atoms with van der Waals surface area (Å²) >= 11 is 0. The van der Waals surface area contributed by atoms with Crippen LogP contribution >= 0.6 is 0 Å². The summed E-state index contributed by atoms with van der Waals surface area (Å²) in [4.78, 5) is 40.7. The van der Waals surface area contributed by atoms with Crippen molar-refractivity contribution < 1.29 is 19.1 Å². The summed E-state index contributed by atoms with van der Waals surface area (Å²) in [5.74, 6) is -0.247. The fourth-order valence-corrected chi connectivity index (χ4v) is 2.45. The number of amides is 1. The van der Waals surface area contributed by atoms with Crippen LogP contribution in [0.25, 0.3) is 0 Å². The van der Waals surface area contributed by atoms with Crippen molar-refractivity contribution in [3.05, 3.63) is 80.5 Å². The van der Waals surface area contributed by atoms with Crippen molar-refractivity contribution in [3.8, 4) is 0 Å². The zero-order valence-corrected chi connectivity index (χ0v) is 15.3. The maximum Gasteiger partial charge on any atom is 0.354 e. The van der Waals surface area contributed by atoms with E-state index < -0.39 is 21.4 Å². The van der Waals surface area contributed by atoms with Gasteiger partial charge in [-0.15, -0.1) is 0 Å². The molecule has 0 aliphatic heterocycles. The highest BCUT2D eigenvalue weighted by Crippen LogP contribution is 2.28. The molecule has 1 amide bonds. The van der Waals surface area contributed by atoms with Gasteiger partial charge in [0.15, 0.2) is 0 Å². The molecular formula is C17H15N7O6. The molecule has 0 aliphatic carbocycles. The first kappa shape index (κ1) is 20.2. The zero-order chi connectivity index (χ0) is 21.5. The Balaban J connectivity index is 1.65. The minimum absolute atomic E-state index is 0.0569. The summed E-state index contributed by atoms with van der Waals surface area (Å²) in [5, 5.41) is 24.9. The van der Waals surface area contributed by atoms with Gasteiger partial charge in [-0.1, -0.05) is 12.1 Å². The molecule has 3 N–H and O–H groups in total. The third kappa shape index (κ3) is 5.03. The average Bonchev–Trinajstić information content (AvgIpc) is 3.24. The summed E-state index contributed by atoms with van der Waals surface area (Å²) in [6.07, 6.45) is 2.47. The maximum atomic E-state index is 12.1. The van der Waals surface area contributed by atoms with E-state index in [4.69, 9.17) is 4.42 Å². The molecule has 0 atom stereocenters. The summed E-state index contributed by atoms with van der Waals surface area (Å²) < 4.78 is 5.16. The van der Waals surface area contributed by atoms with Crippen molar-refractivity contribution in [2.45, 2.75) is 13.0 Å². The first-order valence-electron chi connectivity index (χ1n) is 8.48. The molecule has 0 fully saturated rings. The number of hydrogen-bond donors (Lipinski definition) is 3. The van der Waals surface area contributed by atoms with Gasteiger partial charge >= 0.3 is 5.69 Å². The smallest absolute Gasteiger partial charge is 0.354 e. The van der Waals surface area contributed by atoms with E-state index in [0.29, 0.717) is 11.3 Å². The van der Waals surface area contributed by atoms with Gasteiger partial charge in [0.2, 0.25) is 17.5 Å². The standard InChI is InChI=1S/C17H15N7O6/c25-14(8-11-3-5-12(6-4-11)23(26)27)21-22-17-15(24(28)29)16(19-10-20-17)18-9-13-2-1-7-30-13/h1-7,10H,8-9H2,(H,21,25)(H2,18,19,20,22). The molecule has 154 valence electrons. The van der Waals surface area contributed by atoms with E-state index in [1.54, 1.807) is 12.1 Å². The molecular weight excluding hydrogens is 398 g/mol. The first-order valence-corrected chi connectivity index (χ1v) is 8.48. The normalized spacial score (nSPS) is 10.3. The predicted molar refractivity (Wildman–Crippen MR) is 103 cm³/mol. The lowest BCUT2D eigenvalue weighted by atomic mass is 10.1. The monoisotopic (exact) mass is 413 g/mol. The SMILES string of the molecule is O=C(Cc1ccc([N+](=O)[O-])cc1)NNc1ncnc(NCc2ccco2)c1[N+](=O)[O-]. The van der Waals surface area contributed by atoms with Gasteiger partial charge in [0, 0.05) is 12.1 Å².